The molecule has 1 rings (SSSR count). The minimum atomic E-state index is 0.0614. The number of pyridine rings is 1. The normalized spacial score (nSPS) is 12.1. The summed E-state index contributed by atoms with van der Waals surface area (Å²) in [7, 11) is 0. The van der Waals surface area contributed by atoms with E-state index in [1.165, 1.54) is 0 Å². The Balaban J connectivity index is 2.16. The van der Waals surface area contributed by atoms with Crippen molar-refractivity contribution in [3.8, 4) is 0 Å². The van der Waals surface area contributed by atoms with Gasteiger partial charge in [-0.05, 0) is 31.9 Å². The first kappa shape index (κ1) is 12.6. The largest absolute Gasteiger partial charge is 0.350 e. The zero-order valence-electron chi connectivity index (χ0n) is 9.65. The maximum atomic E-state index is 11.4. The van der Waals surface area contributed by atoms with Gasteiger partial charge in [0.15, 0.2) is 0 Å². The molecule has 0 bridgehead atoms. The van der Waals surface area contributed by atoms with Gasteiger partial charge < -0.3 is 11.1 Å². The van der Waals surface area contributed by atoms with Gasteiger partial charge in [0.2, 0.25) is 5.91 Å². The highest BCUT2D eigenvalue weighted by atomic mass is 16.1. The lowest BCUT2D eigenvalue weighted by Crippen LogP contribution is -2.23. The molecule has 0 fully saturated rings. The zero-order chi connectivity index (χ0) is 11.8. The number of nitrogens with zero attached hydrogens (tertiary/aromatic N) is 1. The molecule has 1 aromatic heterocycles. The van der Waals surface area contributed by atoms with E-state index in [4.69, 9.17) is 5.73 Å². The molecule has 88 valence electrons. The Hall–Kier alpha value is -1.42. The first-order chi connectivity index (χ1) is 7.68. The number of nitrogens with one attached hydrogen (secondary N) is 1. The summed E-state index contributed by atoms with van der Waals surface area (Å²) in [5.74, 6) is 0.0614. The number of amides is 1. The van der Waals surface area contributed by atoms with Crippen LogP contribution in [-0.4, -0.2) is 16.9 Å². The molecule has 0 radical (unpaired) electrons. The molecule has 1 aromatic rings. The third kappa shape index (κ3) is 5.46. The standard InChI is InChI=1S/C12H19N3O/c1-10(13)5-4-7-12(16)15-9-11-6-2-3-8-14-11/h2-3,6,8,10H,4-5,7,9,13H2,1H3,(H,15,16). The molecule has 0 aliphatic rings. The number of carbonyl (C=O) groups excluding carboxylic acids is 1. The van der Waals surface area contributed by atoms with Crippen molar-refractivity contribution >= 4 is 5.91 Å². The third-order valence-corrected chi connectivity index (χ3v) is 2.26. The average Bonchev–Trinajstić information content (AvgIpc) is 2.27. The van der Waals surface area contributed by atoms with Crippen LogP contribution in [0.3, 0.4) is 0 Å². The lowest BCUT2D eigenvalue weighted by atomic mass is 10.1. The average molecular weight is 221 g/mol. The van der Waals surface area contributed by atoms with Gasteiger partial charge >= 0.3 is 0 Å². The van der Waals surface area contributed by atoms with Gasteiger partial charge in [-0.2, -0.15) is 0 Å². The van der Waals surface area contributed by atoms with E-state index in [1.807, 2.05) is 25.1 Å². The van der Waals surface area contributed by atoms with Gasteiger partial charge in [0.1, 0.15) is 0 Å². The maximum absolute atomic E-state index is 11.4. The van der Waals surface area contributed by atoms with Gasteiger partial charge in [-0.3, -0.25) is 9.78 Å². The van der Waals surface area contributed by atoms with Crippen LogP contribution in [0, 0.1) is 0 Å². The second kappa shape index (κ2) is 6.95. The Labute approximate surface area is 96.3 Å². The highest BCUT2D eigenvalue weighted by Gasteiger charge is 2.02. The van der Waals surface area contributed by atoms with Crippen LogP contribution < -0.4 is 11.1 Å². The predicted octanol–water partition coefficient (Wildman–Crippen LogP) is 1.22. The summed E-state index contributed by atoms with van der Waals surface area (Å²) >= 11 is 0. The molecular weight excluding hydrogens is 202 g/mol. The fourth-order valence-corrected chi connectivity index (χ4v) is 1.36. The van der Waals surface area contributed by atoms with Crippen LogP contribution in [0.4, 0.5) is 0 Å². The molecule has 0 aliphatic carbocycles. The highest BCUT2D eigenvalue weighted by molar-refractivity contribution is 5.75. The Kier molecular flexibility index (Phi) is 5.50. The van der Waals surface area contributed by atoms with E-state index >= 15 is 0 Å². The summed E-state index contributed by atoms with van der Waals surface area (Å²) in [5, 5.41) is 2.83. The van der Waals surface area contributed by atoms with Crippen molar-refractivity contribution in [1.82, 2.24) is 10.3 Å². The summed E-state index contributed by atoms with van der Waals surface area (Å²) in [6.07, 6.45) is 3.98. The Morgan fingerprint density at radius 3 is 3.00 bits per heavy atom. The van der Waals surface area contributed by atoms with Crippen LogP contribution in [0.1, 0.15) is 31.9 Å². The Bertz CT molecular complexity index is 311. The van der Waals surface area contributed by atoms with Crippen molar-refractivity contribution in [3.63, 3.8) is 0 Å². The van der Waals surface area contributed by atoms with E-state index in [2.05, 4.69) is 10.3 Å². The predicted molar refractivity (Wildman–Crippen MR) is 63.6 cm³/mol. The summed E-state index contributed by atoms with van der Waals surface area (Å²) in [6, 6.07) is 5.82. The van der Waals surface area contributed by atoms with Crippen molar-refractivity contribution < 1.29 is 4.79 Å². The quantitative estimate of drug-likeness (QED) is 0.758. The first-order valence-corrected chi connectivity index (χ1v) is 5.60. The molecule has 0 saturated carbocycles. The molecule has 0 aliphatic heterocycles. The molecule has 0 spiro atoms. The highest BCUT2D eigenvalue weighted by Crippen LogP contribution is 1.99. The van der Waals surface area contributed by atoms with Crippen molar-refractivity contribution in [3.05, 3.63) is 30.1 Å². The van der Waals surface area contributed by atoms with Gasteiger partial charge in [-0.15, -0.1) is 0 Å². The van der Waals surface area contributed by atoms with Crippen molar-refractivity contribution in [2.75, 3.05) is 0 Å². The molecule has 0 saturated heterocycles. The molecule has 1 heterocycles. The van der Waals surface area contributed by atoms with Gasteiger partial charge in [0.25, 0.3) is 0 Å². The van der Waals surface area contributed by atoms with Gasteiger partial charge in [-0.1, -0.05) is 6.07 Å². The summed E-state index contributed by atoms with van der Waals surface area (Å²) in [6.45, 7) is 2.45. The van der Waals surface area contributed by atoms with E-state index in [0.717, 1.165) is 18.5 Å². The van der Waals surface area contributed by atoms with Crippen LogP contribution in [0.5, 0.6) is 0 Å². The van der Waals surface area contributed by atoms with Gasteiger partial charge in [-0.25, -0.2) is 0 Å². The van der Waals surface area contributed by atoms with Gasteiger partial charge in [0.05, 0.1) is 12.2 Å². The molecule has 16 heavy (non-hydrogen) atoms. The molecule has 0 aromatic carbocycles. The molecule has 4 heteroatoms. The molecule has 1 atom stereocenters. The Morgan fingerprint density at radius 2 is 2.38 bits per heavy atom. The van der Waals surface area contributed by atoms with Crippen molar-refractivity contribution in [2.24, 2.45) is 5.73 Å². The fraction of sp³-hybridized carbons (Fsp3) is 0.500. The van der Waals surface area contributed by atoms with Crippen LogP contribution in [0.15, 0.2) is 24.4 Å². The fourth-order valence-electron chi connectivity index (χ4n) is 1.36. The lowest BCUT2D eigenvalue weighted by molar-refractivity contribution is -0.121. The number of nitrogens with two attached hydrogens (primary N) is 1. The van der Waals surface area contributed by atoms with Crippen LogP contribution in [0.2, 0.25) is 0 Å². The lowest BCUT2D eigenvalue weighted by Gasteiger charge is -2.06. The Morgan fingerprint density at radius 1 is 1.56 bits per heavy atom. The number of hydrogen-bond donors (Lipinski definition) is 2. The minimum absolute atomic E-state index is 0.0614. The second-order valence-corrected chi connectivity index (χ2v) is 3.97. The maximum Gasteiger partial charge on any atom is 0.220 e. The second-order valence-electron chi connectivity index (χ2n) is 3.97. The smallest absolute Gasteiger partial charge is 0.220 e. The summed E-state index contributed by atoms with van der Waals surface area (Å²) < 4.78 is 0. The van der Waals surface area contributed by atoms with E-state index in [9.17, 15) is 4.79 Å². The molecule has 1 amide bonds. The number of rotatable bonds is 6. The van der Waals surface area contributed by atoms with Crippen LogP contribution >= 0.6 is 0 Å². The summed E-state index contributed by atoms with van der Waals surface area (Å²) in [4.78, 5) is 15.5. The third-order valence-electron chi connectivity index (χ3n) is 2.26. The van der Waals surface area contributed by atoms with E-state index in [-0.39, 0.29) is 11.9 Å². The minimum Gasteiger partial charge on any atom is -0.350 e. The molecular formula is C12H19N3O. The van der Waals surface area contributed by atoms with Crippen molar-refractivity contribution in [1.29, 1.82) is 0 Å². The first-order valence-electron chi connectivity index (χ1n) is 5.60. The van der Waals surface area contributed by atoms with E-state index in [0.29, 0.717) is 13.0 Å². The number of carbonyl (C=O) groups is 1. The van der Waals surface area contributed by atoms with E-state index < -0.39 is 0 Å². The SMILES string of the molecule is CC(N)CCCC(=O)NCc1ccccn1. The van der Waals surface area contributed by atoms with Crippen LogP contribution in [0.25, 0.3) is 0 Å². The number of hydrogen-bond acceptors (Lipinski definition) is 3. The van der Waals surface area contributed by atoms with E-state index in [1.54, 1.807) is 6.20 Å². The zero-order valence-corrected chi connectivity index (χ0v) is 9.65. The van der Waals surface area contributed by atoms with Crippen molar-refractivity contribution in [2.45, 2.75) is 38.8 Å². The molecule has 1 unspecified atom stereocenters. The van der Waals surface area contributed by atoms with Crippen LogP contribution in [-0.2, 0) is 11.3 Å². The molecule has 4 nitrogen and oxygen atoms in total. The number of aromatic nitrogens is 1. The summed E-state index contributed by atoms with van der Waals surface area (Å²) in [5.41, 5.74) is 6.48. The monoisotopic (exact) mass is 221 g/mol. The van der Waals surface area contributed by atoms with Gasteiger partial charge in [0, 0.05) is 18.7 Å². The topological polar surface area (TPSA) is 68.0 Å². The molecule has 3 N–H and O–H groups in total.